The Morgan fingerprint density at radius 1 is 0.379 bits per heavy atom. The zero-order chi connectivity index (χ0) is 47.3. The minimum atomic E-state index is -0.133. The Balaban J connectivity index is 1.34. The fourth-order valence-corrected chi connectivity index (χ4v) is 9.74. The summed E-state index contributed by atoms with van der Waals surface area (Å²) in [6, 6.07) is 55.2. The van der Waals surface area contributed by atoms with Crippen molar-refractivity contribution < 1.29 is 0 Å². The van der Waals surface area contributed by atoms with Gasteiger partial charge < -0.3 is 4.90 Å². The van der Waals surface area contributed by atoms with E-state index in [1.807, 2.05) is 0 Å². The largest absolute Gasteiger partial charge is 0.311 e. The van der Waals surface area contributed by atoms with Crippen molar-refractivity contribution in [2.75, 3.05) is 14.7 Å². The molecule has 0 aliphatic carbocycles. The van der Waals surface area contributed by atoms with E-state index in [4.69, 9.17) is 4.98 Å². The molecule has 336 valence electrons. The van der Waals surface area contributed by atoms with E-state index in [9.17, 15) is 0 Å². The third-order valence-electron chi connectivity index (χ3n) is 13.8. The lowest BCUT2D eigenvalue weighted by Gasteiger charge is -2.45. The van der Waals surface area contributed by atoms with Crippen LogP contribution in [0.4, 0.5) is 51.4 Å². The summed E-state index contributed by atoms with van der Waals surface area (Å²) in [6.07, 6.45) is 0. The Kier molecular flexibility index (Phi) is 10.8. The fraction of sp³-hybridized carbons (Fsp3) is 0.328. The molecule has 0 spiro atoms. The highest BCUT2D eigenvalue weighted by atomic mass is 15.3. The van der Waals surface area contributed by atoms with Gasteiger partial charge in [-0.3, -0.25) is 9.80 Å². The first kappa shape index (κ1) is 45.1. The Morgan fingerprint density at radius 2 is 0.818 bits per heavy atom. The average molecular weight is 869 g/mol. The number of nitrogens with zero attached hydrogens (tertiary/aromatic N) is 4. The van der Waals surface area contributed by atoms with Gasteiger partial charge >= 0.3 is 0 Å². The summed E-state index contributed by atoms with van der Waals surface area (Å²) >= 11 is 0. The molecule has 0 fully saturated rings. The van der Waals surface area contributed by atoms with Gasteiger partial charge in [0.25, 0.3) is 6.71 Å². The molecule has 0 N–H and O–H groups in total. The number of aromatic nitrogens is 1. The summed E-state index contributed by atoms with van der Waals surface area (Å²) in [5, 5.41) is 0. The van der Waals surface area contributed by atoms with E-state index >= 15 is 0 Å². The summed E-state index contributed by atoms with van der Waals surface area (Å²) in [4.78, 5) is 13.2. The van der Waals surface area contributed by atoms with Gasteiger partial charge in [0.05, 0.1) is 0 Å². The SMILES string of the molecule is CC(C)(C)c1ccc(N(c2ccc(C(C)(C)C)cc2)c2ccc3c(n2)N(c2ccccc2)c2cc(C(C)(C)C)cc4c2B3c2cc(C(C)(C)C)ccc2N4c2ccc(C(C)(C)C)cc2)cc1. The van der Waals surface area contributed by atoms with Gasteiger partial charge in [-0.25, -0.2) is 4.98 Å². The van der Waals surface area contributed by atoms with Gasteiger partial charge in [0.15, 0.2) is 0 Å². The molecule has 9 rings (SSSR count). The molecule has 2 aliphatic heterocycles. The summed E-state index contributed by atoms with van der Waals surface area (Å²) in [5.41, 5.74) is 18.3. The van der Waals surface area contributed by atoms with E-state index in [0.717, 1.165) is 34.4 Å². The molecule has 0 amide bonds. The van der Waals surface area contributed by atoms with Crippen LogP contribution in [0.2, 0.25) is 0 Å². The molecule has 0 bridgehead atoms. The second-order valence-corrected chi connectivity index (χ2v) is 23.9. The first-order chi connectivity index (χ1) is 30.9. The van der Waals surface area contributed by atoms with Gasteiger partial charge in [-0.05, 0) is 144 Å². The van der Waals surface area contributed by atoms with Crippen molar-refractivity contribution in [3.8, 4) is 0 Å². The Hall–Kier alpha value is -6.07. The molecule has 0 unspecified atom stereocenters. The monoisotopic (exact) mass is 869 g/mol. The average Bonchev–Trinajstić information content (AvgIpc) is 3.25. The smallest absolute Gasteiger partial charge is 0.254 e. The molecule has 7 aromatic rings. The van der Waals surface area contributed by atoms with E-state index in [1.54, 1.807) is 0 Å². The van der Waals surface area contributed by atoms with Crippen molar-refractivity contribution in [3.05, 3.63) is 173 Å². The van der Waals surface area contributed by atoms with Crippen LogP contribution in [0.1, 0.15) is 132 Å². The van der Waals surface area contributed by atoms with Crippen LogP contribution in [0.25, 0.3) is 0 Å². The van der Waals surface area contributed by atoms with Crippen LogP contribution in [0.5, 0.6) is 0 Å². The second-order valence-electron chi connectivity index (χ2n) is 23.9. The summed E-state index contributed by atoms with van der Waals surface area (Å²) in [7, 11) is 0. The van der Waals surface area contributed by atoms with Crippen molar-refractivity contribution in [2.45, 2.75) is 131 Å². The van der Waals surface area contributed by atoms with Crippen LogP contribution in [0, 0.1) is 0 Å². The van der Waals surface area contributed by atoms with Gasteiger partial charge in [0.1, 0.15) is 11.6 Å². The normalized spacial score (nSPS) is 13.9. The lowest BCUT2D eigenvalue weighted by atomic mass is 9.33. The Labute approximate surface area is 396 Å². The van der Waals surface area contributed by atoms with Crippen LogP contribution in [-0.2, 0) is 27.1 Å². The maximum Gasteiger partial charge on any atom is 0.254 e. The number of hydrogen-bond donors (Lipinski definition) is 0. The Morgan fingerprint density at radius 3 is 1.30 bits per heavy atom. The van der Waals surface area contributed by atoms with E-state index in [0.29, 0.717) is 0 Å². The van der Waals surface area contributed by atoms with Gasteiger partial charge in [-0.2, -0.15) is 0 Å². The quantitative estimate of drug-likeness (QED) is 0.161. The number of rotatable bonds is 5. The van der Waals surface area contributed by atoms with Crippen LogP contribution in [-0.4, -0.2) is 11.7 Å². The highest BCUT2D eigenvalue weighted by Crippen LogP contribution is 2.47. The van der Waals surface area contributed by atoms with E-state index in [2.05, 4.69) is 264 Å². The summed E-state index contributed by atoms with van der Waals surface area (Å²) in [6.45, 7) is 34.4. The molecule has 0 saturated carbocycles. The van der Waals surface area contributed by atoms with Gasteiger partial charge in [0, 0.05) is 39.8 Å². The lowest BCUT2D eigenvalue weighted by Crippen LogP contribution is -2.62. The predicted octanol–water partition coefficient (Wildman–Crippen LogP) is 15.1. The van der Waals surface area contributed by atoms with E-state index < -0.39 is 0 Å². The van der Waals surface area contributed by atoms with Gasteiger partial charge in [-0.1, -0.05) is 177 Å². The summed E-state index contributed by atoms with van der Waals surface area (Å²) < 4.78 is 0. The molecule has 66 heavy (non-hydrogen) atoms. The van der Waals surface area contributed by atoms with Crippen LogP contribution in [0.3, 0.4) is 0 Å². The van der Waals surface area contributed by atoms with Crippen molar-refractivity contribution >= 4 is 74.5 Å². The van der Waals surface area contributed by atoms with Crippen molar-refractivity contribution in [1.82, 2.24) is 4.98 Å². The summed E-state index contributed by atoms with van der Waals surface area (Å²) in [5.74, 6) is 1.82. The second kappa shape index (κ2) is 15.8. The number of hydrogen-bond acceptors (Lipinski definition) is 4. The highest BCUT2D eigenvalue weighted by Gasteiger charge is 2.45. The van der Waals surface area contributed by atoms with E-state index in [1.165, 1.54) is 61.3 Å². The molecule has 1 aromatic heterocycles. The standard InChI is InChI=1S/C61H69BN4/c1-57(2,3)40-21-28-46(29-22-40)64(47-30-23-41(24-31-47)58(4,5)6)54-36-34-49-56(63-54)66(45-19-17-16-18-20-45)53-39-44(61(13,14)15)38-52-55(53)62(49)50-37-43(60(10,11)12)27-35-51(50)65(52)48-32-25-42(26-33-48)59(7,8)9/h16-39H,1-15H3. The molecule has 6 aromatic carbocycles. The maximum absolute atomic E-state index is 5.90. The third kappa shape index (κ3) is 8.14. The molecule has 3 heterocycles. The predicted molar refractivity (Wildman–Crippen MR) is 286 cm³/mol. The third-order valence-corrected chi connectivity index (χ3v) is 13.8. The first-order valence-electron chi connectivity index (χ1n) is 24.0. The zero-order valence-electron chi connectivity index (χ0n) is 42.2. The molecule has 4 nitrogen and oxygen atoms in total. The van der Waals surface area contributed by atoms with Crippen LogP contribution in [0.15, 0.2) is 146 Å². The first-order valence-corrected chi connectivity index (χ1v) is 24.0. The maximum atomic E-state index is 5.90. The fourth-order valence-electron chi connectivity index (χ4n) is 9.74. The van der Waals surface area contributed by atoms with Crippen molar-refractivity contribution in [1.29, 1.82) is 0 Å². The van der Waals surface area contributed by atoms with E-state index in [-0.39, 0.29) is 33.8 Å². The number of para-hydroxylation sites is 1. The number of pyridine rings is 1. The van der Waals surface area contributed by atoms with Crippen molar-refractivity contribution in [2.24, 2.45) is 0 Å². The minimum Gasteiger partial charge on any atom is -0.311 e. The van der Waals surface area contributed by atoms with Crippen LogP contribution < -0.4 is 31.1 Å². The van der Waals surface area contributed by atoms with Gasteiger partial charge in [0.2, 0.25) is 0 Å². The minimum absolute atomic E-state index is 0.0325. The lowest BCUT2D eigenvalue weighted by molar-refractivity contribution is 0.589. The van der Waals surface area contributed by atoms with Crippen LogP contribution >= 0.6 is 0 Å². The number of anilines is 9. The topological polar surface area (TPSA) is 22.6 Å². The molecule has 2 aliphatic rings. The number of fused-ring (bicyclic) bond motifs is 4. The molecular weight excluding hydrogens is 800 g/mol. The zero-order valence-corrected chi connectivity index (χ0v) is 42.2. The molecule has 0 atom stereocenters. The molecule has 0 saturated heterocycles. The number of benzene rings is 6. The Bertz CT molecular complexity index is 2860. The van der Waals surface area contributed by atoms with Gasteiger partial charge in [-0.15, -0.1) is 0 Å². The van der Waals surface area contributed by atoms with Crippen molar-refractivity contribution in [3.63, 3.8) is 0 Å². The molecule has 0 radical (unpaired) electrons. The highest BCUT2D eigenvalue weighted by molar-refractivity contribution is 7.00. The molecular formula is C61H69BN4. The molecule has 5 heteroatoms.